The zero-order chi connectivity index (χ0) is 12.8. The van der Waals surface area contributed by atoms with E-state index < -0.39 is 0 Å². The first-order valence-electron chi connectivity index (χ1n) is 5.46. The van der Waals surface area contributed by atoms with E-state index in [2.05, 4.69) is 4.98 Å². The molecule has 0 aliphatic rings. The highest BCUT2D eigenvalue weighted by atomic mass is 32.2. The molecule has 0 aliphatic carbocycles. The summed E-state index contributed by atoms with van der Waals surface area (Å²) in [6.07, 6.45) is 1.64. The Labute approximate surface area is 106 Å². The summed E-state index contributed by atoms with van der Waals surface area (Å²) in [5.74, 6) is 0.986. The van der Waals surface area contributed by atoms with Gasteiger partial charge in [0, 0.05) is 37.5 Å². The van der Waals surface area contributed by atoms with Crippen LogP contribution in [-0.2, 0) is 0 Å². The van der Waals surface area contributed by atoms with E-state index in [4.69, 9.17) is 5.11 Å². The van der Waals surface area contributed by atoms with Gasteiger partial charge in [-0.05, 0) is 18.1 Å². The molecule has 0 fully saturated rings. The molecule has 17 heavy (non-hydrogen) atoms. The van der Waals surface area contributed by atoms with Gasteiger partial charge in [-0.1, -0.05) is 6.92 Å². The van der Waals surface area contributed by atoms with Crippen LogP contribution in [-0.4, -0.2) is 47.4 Å². The summed E-state index contributed by atoms with van der Waals surface area (Å²) in [6, 6.07) is 3.66. The van der Waals surface area contributed by atoms with Crippen molar-refractivity contribution in [2.45, 2.75) is 11.8 Å². The number of hydrogen-bond acceptors (Lipinski definition) is 4. The molecule has 0 bridgehead atoms. The average molecular weight is 254 g/mol. The Morgan fingerprint density at radius 1 is 1.59 bits per heavy atom. The third-order valence-corrected chi connectivity index (χ3v) is 3.53. The van der Waals surface area contributed by atoms with Crippen LogP contribution >= 0.6 is 11.8 Å². The Balaban J connectivity index is 2.69. The Kier molecular flexibility index (Phi) is 5.44. The number of rotatable bonds is 5. The van der Waals surface area contributed by atoms with Gasteiger partial charge in [-0.15, -0.1) is 11.8 Å². The fourth-order valence-corrected chi connectivity index (χ4v) is 2.07. The van der Waals surface area contributed by atoms with E-state index in [-0.39, 0.29) is 18.4 Å². The molecule has 0 radical (unpaired) electrons. The van der Waals surface area contributed by atoms with Crippen molar-refractivity contribution in [3.63, 3.8) is 0 Å². The first-order chi connectivity index (χ1) is 8.04. The molecule has 0 aromatic carbocycles. The number of nitrogens with zero attached hydrogens (tertiary/aromatic N) is 2. The van der Waals surface area contributed by atoms with Crippen LogP contribution in [0.15, 0.2) is 23.2 Å². The Bertz CT molecular complexity index is 383. The number of thioether (sulfide) groups is 1. The zero-order valence-electron chi connectivity index (χ0n) is 10.4. The first-order valence-corrected chi connectivity index (χ1v) is 6.44. The Hall–Kier alpha value is -1.07. The number of aromatic nitrogens is 1. The molecule has 0 spiro atoms. The molecule has 1 amide bonds. The number of aliphatic hydroxyl groups excluding tert-OH is 1. The number of pyridine rings is 1. The molecular formula is C12H18N2O2S. The molecule has 1 rings (SSSR count). The van der Waals surface area contributed by atoms with Gasteiger partial charge >= 0.3 is 0 Å². The minimum Gasteiger partial charge on any atom is -0.396 e. The van der Waals surface area contributed by atoms with Crippen molar-refractivity contribution >= 4 is 17.7 Å². The van der Waals surface area contributed by atoms with Gasteiger partial charge in [0.15, 0.2) is 0 Å². The number of carbonyl (C=O) groups excluding carboxylic acids is 1. The van der Waals surface area contributed by atoms with E-state index in [0.717, 1.165) is 10.6 Å². The largest absolute Gasteiger partial charge is 0.396 e. The lowest BCUT2D eigenvalue weighted by atomic mass is 10.2. The number of aliphatic hydroxyl groups is 1. The summed E-state index contributed by atoms with van der Waals surface area (Å²) < 4.78 is 0. The minimum atomic E-state index is -0.0948. The Morgan fingerprint density at radius 2 is 2.29 bits per heavy atom. The van der Waals surface area contributed by atoms with Crippen molar-refractivity contribution < 1.29 is 9.90 Å². The van der Waals surface area contributed by atoms with E-state index >= 15 is 0 Å². The maximum absolute atomic E-state index is 11.7. The molecule has 1 aromatic heterocycles. The summed E-state index contributed by atoms with van der Waals surface area (Å²) in [7, 11) is 3.41. The van der Waals surface area contributed by atoms with Crippen LogP contribution in [0.25, 0.3) is 0 Å². The Morgan fingerprint density at radius 3 is 2.88 bits per heavy atom. The minimum absolute atomic E-state index is 0.0948. The van der Waals surface area contributed by atoms with Gasteiger partial charge < -0.3 is 10.0 Å². The van der Waals surface area contributed by atoms with Crippen LogP contribution in [0, 0.1) is 5.92 Å². The second kappa shape index (κ2) is 6.61. The van der Waals surface area contributed by atoms with Crippen LogP contribution in [0.5, 0.6) is 0 Å². The topological polar surface area (TPSA) is 53.4 Å². The standard InChI is InChI=1S/C12H18N2O2S/c1-9(7-15)8-17-10-4-5-13-11(6-10)12(16)14(2)3/h4-6,9,15H,7-8H2,1-3H3. The van der Waals surface area contributed by atoms with Crippen LogP contribution < -0.4 is 0 Å². The van der Waals surface area contributed by atoms with Gasteiger partial charge in [0.2, 0.25) is 0 Å². The van der Waals surface area contributed by atoms with Gasteiger partial charge in [-0.25, -0.2) is 0 Å². The normalized spacial score (nSPS) is 12.2. The van der Waals surface area contributed by atoms with Crippen molar-refractivity contribution in [3.05, 3.63) is 24.0 Å². The zero-order valence-corrected chi connectivity index (χ0v) is 11.2. The molecule has 1 heterocycles. The fourth-order valence-electron chi connectivity index (χ4n) is 1.14. The molecule has 1 atom stereocenters. The summed E-state index contributed by atoms with van der Waals surface area (Å²) in [4.78, 5) is 18.3. The lowest BCUT2D eigenvalue weighted by Gasteiger charge is -2.11. The number of amides is 1. The molecule has 0 aliphatic heterocycles. The average Bonchev–Trinajstić information content (AvgIpc) is 2.35. The maximum atomic E-state index is 11.7. The van der Waals surface area contributed by atoms with Crippen molar-refractivity contribution in [3.8, 4) is 0 Å². The van der Waals surface area contributed by atoms with Gasteiger partial charge in [-0.3, -0.25) is 9.78 Å². The third-order valence-electron chi connectivity index (χ3n) is 2.20. The third kappa shape index (κ3) is 4.36. The monoisotopic (exact) mass is 254 g/mol. The van der Waals surface area contributed by atoms with Crippen LogP contribution in [0.2, 0.25) is 0 Å². The lowest BCUT2D eigenvalue weighted by Crippen LogP contribution is -2.22. The summed E-state index contributed by atoms with van der Waals surface area (Å²) in [5, 5.41) is 8.94. The molecule has 0 saturated carbocycles. The van der Waals surface area contributed by atoms with Crippen LogP contribution in [0.4, 0.5) is 0 Å². The van der Waals surface area contributed by atoms with Crippen molar-refractivity contribution in [2.75, 3.05) is 26.5 Å². The van der Waals surface area contributed by atoms with Crippen molar-refractivity contribution in [1.82, 2.24) is 9.88 Å². The molecule has 5 heteroatoms. The number of carbonyl (C=O) groups is 1. The predicted octanol–water partition coefficient (Wildman–Crippen LogP) is 1.50. The van der Waals surface area contributed by atoms with Crippen LogP contribution in [0.1, 0.15) is 17.4 Å². The highest BCUT2D eigenvalue weighted by Gasteiger charge is 2.10. The summed E-state index contributed by atoms with van der Waals surface area (Å²) in [6.45, 7) is 2.17. The highest BCUT2D eigenvalue weighted by molar-refractivity contribution is 7.99. The molecule has 4 nitrogen and oxygen atoms in total. The molecule has 94 valence electrons. The quantitative estimate of drug-likeness (QED) is 0.809. The summed E-state index contributed by atoms with van der Waals surface area (Å²) >= 11 is 1.63. The van der Waals surface area contributed by atoms with Gasteiger partial charge in [-0.2, -0.15) is 0 Å². The van der Waals surface area contributed by atoms with Gasteiger partial charge in [0.25, 0.3) is 5.91 Å². The predicted molar refractivity (Wildman–Crippen MR) is 69.2 cm³/mol. The molecular weight excluding hydrogens is 236 g/mol. The second-order valence-electron chi connectivity index (χ2n) is 4.18. The molecule has 1 unspecified atom stereocenters. The second-order valence-corrected chi connectivity index (χ2v) is 5.27. The molecule has 1 N–H and O–H groups in total. The van der Waals surface area contributed by atoms with E-state index in [1.165, 1.54) is 4.90 Å². The highest BCUT2D eigenvalue weighted by Crippen LogP contribution is 2.20. The molecule has 1 aromatic rings. The van der Waals surface area contributed by atoms with Gasteiger partial charge in [0.1, 0.15) is 5.69 Å². The number of hydrogen-bond donors (Lipinski definition) is 1. The lowest BCUT2D eigenvalue weighted by molar-refractivity contribution is 0.0821. The van der Waals surface area contributed by atoms with Crippen LogP contribution in [0.3, 0.4) is 0 Å². The van der Waals surface area contributed by atoms with E-state index in [1.807, 2.05) is 13.0 Å². The van der Waals surface area contributed by atoms with E-state index in [9.17, 15) is 4.79 Å². The maximum Gasteiger partial charge on any atom is 0.271 e. The van der Waals surface area contributed by atoms with Gasteiger partial charge in [0.05, 0.1) is 0 Å². The van der Waals surface area contributed by atoms with Crippen molar-refractivity contribution in [1.29, 1.82) is 0 Å². The first kappa shape index (κ1) is 14.0. The fraction of sp³-hybridized carbons (Fsp3) is 0.500. The molecule has 0 saturated heterocycles. The van der Waals surface area contributed by atoms with E-state index in [1.54, 1.807) is 38.1 Å². The van der Waals surface area contributed by atoms with E-state index in [0.29, 0.717) is 5.69 Å². The summed E-state index contributed by atoms with van der Waals surface area (Å²) in [5.41, 5.74) is 0.455. The smallest absolute Gasteiger partial charge is 0.271 e. The SMILES string of the molecule is CC(CO)CSc1ccnc(C(=O)N(C)C)c1. The van der Waals surface area contributed by atoms with Crippen molar-refractivity contribution in [2.24, 2.45) is 5.92 Å².